The molecular formula is C22H20N2. The van der Waals surface area contributed by atoms with E-state index >= 15 is 0 Å². The summed E-state index contributed by atoms with van der Waals surface area (Å²) in [5.74, 6) is 0. The van der Waals surface area contributed by atoms with E-state index in [1.807, 2.05) is 97.1 Å². The van der Waals surface area contributed by atoms with Crippen molar-refractivity contribution in [2.45, 2.75) is 0 Å². The Morgan fingerprint density at radius 1 is 0.500 bits per heavy atom. The van der Waals surface area contributed by atoms with Crippen molar-refractivity contribution in [1.82, 2.24) is 0 Å². The molecule has 0 saturated heterocycles. The molecule has 0 aliphatic heterocycles. The second-order valence-corrected chi connectivity index (χ2v) is 5.57. The van der Waals surface area contributed by atoms with Crippen LogP contribution in [0.3, 0.4) is 0 Å². The lowest BCUT2D eigenvalue weighted by Crippen LogP contribution is -2.04. The summed E-state index contributed by atoms with van der Waals surface area (Å²) in [5.41, 5.74) is 18.1. The summed E-state index contributed by atoms with van der Waals surface area (Å²) in [7, 11) is 0. The largest absolute Gasteiger partial charge is 0.398 e. The molecule has 0 unspecified atom stereocenters. The van der Waals surface area contributed by atoms with E-state index in [4.69, 9.17) is 11.5 Å². The zero-order valence-corrected chi connectivity index (χ0v) is 13.4. The summed E-state index contributed by atoms with van der Waals surface area (Å²) in [6.07, 6.45) is 3.93. The van der Waals surface area contributed by atoms with Crippen molar-refractivity contribution >= 4 is 23.5 Å². The highest BCUT2D eigenvalue weighted by Crippen LogP contribution is 2.23. The van der Waals surface area contributed by atoms with E-state index in [0.717, 1.165) is 22.3 Å². The average Bonchev–Trinajstić information content (AvgIpc) is 2.63. The highest BCUT2D eigenvalue weighted by molar-refractivity contribution is 5.89. The fourth-order valence-corrected chi connectivity index (χ4v) is 2.60. The quantitative estimate of drug-likeness (QED) is 0.692. The maximum Gasteiger partial charge on any atom is 0.0400 e. The molecule has 118 valence electrons. The fourth-order valence-electron chi connectivity index (χ4n) is 2.60. The van der Waals surface area contributed by atoms with Gasteiger partial charge in [0.25, 0.3) is 0 Å². The van der Waals surface area contributed by atoms with Gasteiger partial charge < -0.3 is 11.5 Å². The molecular weight excluding hydrogens is 292 g/mol. The van der Waals surface area contributed by atoms with Crippen LogP contribution in [0.4, 0.5) is 0 Å². The van der Waals surface area contributed by atoms with Crippen molar-refractivity contribution in [2.75, 3.05) is 0 Å². The lowest BCUT2D eigenvalue weighted by Gasteiger charge is -2.11. The van der Waals surface area contributed by atoms with Crippen LogP contribution in [0.15, 0.2) is 84.9 Å². The van der Waals surface area contributed by atoms with Crippen LogP contribution in [0.25, 0.3) is 23.5 Å². The Morgan fingerprint density at radius 2 is 0.833 bits per heavy atom. The van der Waals surface area contributed by atoms with Crippen LogP contribution >= 0.6 is 0 Å². The van der Waals surface area contributed by atoms with Crippen molar-refractivity contribution in [1.29, 1.82) is 0 Å². The Bertz CT molecular complexity index is 788. The molecule has 0 aliphatic rings. The fraction of sp³-hybridized carbons (Fsp3) is 0. The average molecular weight is 312 g/mol. The summed E-state index contributed by atoms with van der Waals surface area (Å²) >= 11 is 0. The molecule has 0 atom stereocenters. The molecule has 0 amide bonds. The second kappa shape index (κ2) is 7.34. The van der Waals surface area contributed by atoms with Crippen molar-refractivity contribution in [3.05, 3.63) is 107 Å². The third-order valence-corrected chi connectivity index (χ3v) is 3.79. The maximum atomic E-state index is 6.34. The molecule has 3 aromatic carbocycles. The summed E-state index contributed by atoms with van der Waals surface area (Å²) in [4.78, 5) is 0. The van der Waals surface area contributed by atoms with Gasteiger partial charge in [0, 0.05) is 22.5 Å². The Balaban J connectivity index is 1.99. The lowest BCUT2D eigenvalue weighted by atomic mass is 9.99. The predicted octanol–water partition coefficient (Wildman–Crippen LogP) is 4.60. The van der Waals surface area contributed by atoms with Crippen LogP contribution in [0.1, 0.15) is 22.3 Å². The van der Waals surface area contributed by atoms with Gasteiger partial charge in [0.05, 0.1) is 0 Å². The topological polar surface area (TPSA) is 52.0 Å². The van der Waals surface area contributed by atoms with Crippen LogP contribution in [0, 0.1) is 0 Å². The minimum Gasteiger partial charge on any atom is -0.398 e. The first kappa shape index (κ1) is 15.6. The van der Waals surface area contributed by atoms with Crippen LogP contribution in [-0.4, -0.2) is 0 Å². The monoisotopic (exact) mass is 312 g/mol. The Hall–Kier alpha value is -3.26. The summed E-state index contributed by atoms with van der Waals surface area (Å²) < 4.78 is 0. The first-order valence-corrected chi connectivity index (χ1v) is 7.88. The number of nitrogens with two attached hydrogens (primary N) is 2. The van der Waals surface area contributed by atoms with E-state index in [2.05, 4.69) is 0 Å². The van der Waals surface area contributed by atoms with Crippen molar-refractivity contribution in [3.8, 4) is 0 Å². The van der Waals surface area contributed by atoms with Crippen molar-refractivity contribution < 1.29 is 0 Å². The molecule has 2 nitrogen and oxygen atoms in total. The van der Waals surface area contributed by atoms with Gasteiger partial charge in [-0.3, -0.25) is 0 Å². The van der Waals surface area contributed by atoms with Gasteiger partial charge in [-0.2, -0.15) is 0 Å². The molecule has 3 rings (SSSR count). The van der Waals surface area contributed by atoms with Gasteiger partial charge in [-0.1, -0.05) is 84.9 Å². The minimum atomic E-state index is 0.696. The van der Waals surface area contributed by atoms with Crippen LogP contribution in [0.5, 0.6) is 0 Å². The lowest BCUT2D eigenvalue weighted by molar-refractivity contribution is 1.45. The summed E-state index contributed by atoms with van der Waals surface area (Å²) in [6, 6.07) is 28.0. The molecule has 0 radical (unpaired) electrons. The standard InChI is InChI=1S/C22H20N2/c23-21(15-17-9-3-1-4-10-17)19-13-7-8-14-20(19)22(24)16-18-11-5-2-6-12-18/h1-16H,23-24H2. The van der Waals surface area contributed by atoms with E-state index in [1.54, 1.807) is 0 Å². The zero-order chi connectivity index (χ0) is 16.8. The van der Waals surface area contributed by atoms with Gasteiger partial charge in [-0.05, 0) is 23.3 Å². The number of hydrogen-bond donors (Lipinski definition) is 2. The predicted molar refractivity (Wildman–Crippen MR) is 103 cm³/mol. The second-order valence-electron chi connectivity index (χ2n) is 5.57. The number of rotatable bonds is 4. The Morgan fingerprint density at radius 3 is 1.21 bits per heavy atom. The molecule has 3 aromatic rings. The third kappa shape index (κ3) is 3.73. The molecule has 0 fully saturated rings. The molecule has 24 heavy (non-hydrogen) atoms. The van der Waals surface area contributed by atoms with E-state index in [9.17, 15) is 0 Å². The molecule has 4 N–H and O–H groups in total. The van der Waals surface area contributed by atoms with E-state index in [1.165, 1.54) is 0 Å². The molecule has 0 bridgehead atoms. The van der Waals surface area contributed by atoms with Gasteiger partial charge >= 0.3 is 0 Å². The first-order valence-electron chi connectivity index (χ1n) is 7.88. The Kier molecular flexibility index (Phi) is 4.78. The number of hydrogen-bond acceptors (Lipinski definition) is 2. The van der Waals surface area contributed by atoms with E-state index < -0.39 is 0 Å². The van der Waals surface area contributed by atoms with Gasteiger partial charge in [0.1, 0.15) is 0 Å². The number of benzene rings is 3. The van der Waals surface area contributed by atoms with Crippen LogP contribution in [-0.2, 0) is 0 Å². The molecule has 0 saturated carbocycles. The SMILES string of the molecule is NC(=Cc1ccccc1)c1ccccc1C(N)=Cc1ccccc1. The molecule has 0 spiro atoms. The van der Waals surface area contributed by atoms with Gasteiger partial charge in [-0.15, -0.1) is 0 Å². The smallest absolute Gasteiger partial charge is 0.0400 e. The van der Waals surface area contributed by atoms with E-state index in [-0.39, 0.29) is 0 Å². The third-order valence-electron chi connectivity index (χ3n) is 3.79. The molecule has 0 heterocycles. The summed E-state index contributed by atoms with van der Waals surface area (Å²) in [5, 5.41) is 0. The molecule has 0 aromatic heterocycles. The summed E-state index contributed by atoms with van der Waals surface area (Å²) in [6.45, 7) is 0. The van der Waals surface area contributed by atoms with Crippen LogP contribution < -0.4 is 11.5 Å². The highest BCUT2D eigenvalue weighted by atomic mass is 14.6. The van der Waals surface area contributed by atoms with Crippen molar-refractivity contribution in [3.63, 3.8) is 0 Å². The van der Waals surface area contributed by atoms with Crippen LogP contribution in [0.2, 0.25) is 0 Å². The Labute approximate surface area is 142 Å². The minimum absolute atomic E-state index is 0.696. The highest BCUT2D eigenvalue weighted by Gasteiger charge is 2.07. The molecule has 2 heteroatoms. The van der Waals surface area contributed by atoms with Gasteiger partial charge in [0.15, 0.2) is 0 Å². The van der Waals surface area contributed by atoms with Gasteiger partial charge in [0.2, 0.25) is 0 Å². The molecule has 0 aliphatic carbocycles. The van der Waals surface area contributed by atoms with Crippen molar-refractivity contribution in [2.24, 2.45) is 11.5 Å². The normalized spacial score (nSPS) is 12.2. The maximum absolute atomic E-state index is 6.34. The first-order chi connectivity index (χ1) is 11.7. The zero-order valence-electron chi connectivity index (χ0n) is 13.4. The van der Waals surface area contributed by atoms with Gasteiger partial charge in [-0.25, -0.2) is 0 Å². The van der Waals surface area contributed by atoms with E-state index in [0.29, 0.717) is 11.4 Å².